The third kappa shape index (κ3) is 2.95. The summed E-state index contributed by atoms with van der Waals surface area (Å²) in [6, 6.07) is 5.32. The molecule has 1 heterocycles. The third-order valence-electron chi connectivity index (χ3n) is 3.29. The monoisotopic (exact) mass is 283 g/mol. The van der Waals surface area contributed by atoms with Gasteiger partial charge in [0.05, 0.1) is 19.6 Å². The van der Waals surface area contributed by atoms with Crippen molar-refractivity contribution in [1.29, 1.82) is 0 Å². The predicted molar refractivity (Wildman–Crippen MR) is 74.3 cm³/mol. The van der Waals surface area contributed by atoms with E-state index in [0.29, 0.717) is 23.6 Å². The number of methoxy groups -OCH3 is 2. The minimum absolute atomic E-state index is 0.0263. The van der Waals surface area contributed by atoms with Crippen molar-refractivity contribution in [1.82, 2.24) is 4.90 Å². The standard InChI is InChI=1S/C14H18ClNO3/c1-18-11-6-3-7-12(19-2)13(11)14(17)16-8-4-5-10(15)9-16/h3,6-7,10H,4-5,8-9H2,1-2H3. The smallest absolute Gasteiger partial charge is 0.261 e. The van der Waals surface area contributed by atoms with Crippen LogP contribution >= 0.6 is 11.6 Å². The van der Waals surface area contributed by atoms with E-state index >= 15 is 0 Å². The fourth-order valence-corrected chi connectivity index (χ4v) is 2.65. The second-order valence-electron chi connectivity index (χ2n) is 4.53. The highest BCUT2D eigenvalue weighted by Gasteiger charge is 2.27. The number of hydrogen-bond acceptors (Lipinski definition) is 3. The summed E-state index contributed by atoms with van der Waals surface area (Å²) < 4.78 is 10.5. The van der Waals surface area contributed by atoms with Gasteiger partial charge in [0.25, 0.3) is 5.91 Å². The minimum atomic E-state index is -0.0837. The second-order valence-corrected chi connectivity index (χ2v) is 5.15. The van der Waals surface area contributed by atoms with Gasteiger partial charge < -0.3 is 14.4 Å². The topological polar surface area (TPSA) is 38.8 Å². The Balaban J connectivity index is 2.31. The van der Waals surface area contributed by atoms with E-state index in [0.717, 1.165) is 19.4 Å². The van der Waals surface area contributed by atoms with E-state index in [1.807, 2.05) is 0 Å². The zero-order chi connectivity index (χ0) is 13.8. The molecule has 1 aliphatic heterocycles. The molecule has 4 nitrogen and oxygen atoms in total. The first-order valence-corrected chi connectivity index (χ1v) is 6.75. The van der Waals surface area contributed by atoms with Gasteiger partial charge in [-0.3, -0.25) is 4.79 Å². The fraction of sp³-hybridized carbons (Fsp3) is 0.500. The molecule has 0 aliphatic carbocycles. The van der Waals surface area contributed by atoms with Crippen LogP contribution in [0.15, 0.2) is 18.2 Å². The van der Waals surface area contributed by atoms with Crippen LogP contribution < -0.4 is 9.47 Å². The van der Waals surface area contributed by atoms with Gasteiger partial charge in [-0.25, -0.2) is 0 Å². The van der Waals surface area contributed by atoms with Crippen LogP contribution in [0.4, 0.5) is 0 Å². The summed E-state index contributed by atoms with van der Waals surface area (Å²) in [6.45, 7) is 1.30. The Kier molecular flexibility index (Phi) is 4.53. The molecule has 0 saturated carbocycles. The number of carbonyl (C=O) groups excluding carboxylic acids is 1. The molecule has 0 spiro atoms. The minimum Gasteiger partial charge on any atom is -0.496 e. The van der Waals surface area contributed by atoms with Gasteiger partial charge in [0.15, 0.2) is 0 Å². The Morgan fingerprint density at radius 2 is 1.95 bits per heavy atom. The van der Waals surface area contributed by atoms with Crippen LogP contribution in [0.5, 0.6) is 11.5 Å². The average molecular weight is 284 g/mol. The Bertz CT molecular complexity index is 442. The summed E-state index contributed by atoms with van der Waals surface area (Å²) in [5, 5.41) is 0.0263. The molecule has 19 heavy (non-hydrogen) atoms. The average Bonchev–Trinajstić information content (AvgIpc) is 2.45. The van der Waals surface area contributed by atoms with Gasteiger partial charge in [-0.05, 0) is 25.0 Å². The molecule has 1 unspecified atom stereocenters. The normalized spacial score (nSPS) is 19.1. The molecule has 0 radical (unpaired) electrons. The maximum atomic E-state index is 12.6. The van der Waals surface area contributed by atoms with Crippen LogP contribution in [0.2, 0.25) is 0 Å². The van der Waals surface area contributed by atoms with Crippen LogP contribution in [-0.4, -0.2) is 43.5 Å². The highest BCUT2D eigenvalue weighted by Crippen LogP contribution is 2.30. The summed E-state index contributed by atoms with van der Waals surface area (Å²) in [4.78, 5) is 14.4. The molecule has 1 atom stereocenters. The second kappa shape index (κ2) is 6.15. The van der Waals surface area contributed by atoms with Crippen molar-refractivity contribution in [2.75, 3.05) is 27.3 Å². The van der Waals surface area contributed by atoms with Crippen molar-refractivity contribution in [3.05, 3.63) is 23.8 Å². The number of ether oxygens (including phenoxy) is 2. The van der Waals surface area contributed by atoms with Gasteiger partial charge in [-0.15, -0.1) is 11.6 Å². The van der Waals surface area contributed by atoms with E-state index in [9.17, 15) is 4.79 Å². The van der Waals surface area contributed by atoms with Gasteiger partial charge in [-0.2, -0.15) is 0 Å². The van der Waals surface area contributed by atoms with E-state index in [2.05, 4.69) is 0 Å². The lowest BCUT2D eigenvalue weighted by Crippen LogP contribution is -2.40. The van der Waals surface area contributed by atoms with E-state index in [4.69, 9.17) is 21.1 Å². The summed E-state index contributed by atoms with van der Waals surface area (Å²) >= 11 is 6.13. The first-order valence-electron chi connectivity index (χ1n) is 6.31. The zero-order valence-corrected chi connectivity index (χ0v) is 11.9. The maximum Gasteiger partial charge on any atom is 0.261 e. The molecule has 0 aromatic heterocycles. The molecule has 2 rings (SSSR count). The lowest BCUT2D eigenvalue weighted by Gasteiger charge is -2.30. The predicted octanol–water partition coefficient (Wildman–Crippen LogP) is 2.55. The van der Waals surface area contributed by atoms with Crippen molar-refractivity contribution in [2.24, 2.45) is 0 Å². The van der Waals surface area contributed by atoms with Crippen LogP contribution in [-0.2, 0) is 0 Å². The molecule has 1 aromatic rings. The number of piperidine rings is 1. The maximum absolute atomic E-state index is 12.6. The summed E-state index contributed by atoms with van der Waals surface area (Å²) in [7, 11) is 3.10. The van der Waals surface area contributed by atoms with E-state index in [-0.39, 0.29) is 11.3 Å². The lowest BCUT2D eigenvalue weighted by atomic mass is 10.1. The van der Waals surface area contributed by atoms with Gasteiger partial charge in [0.1, 0.15) is 17.1 Å². The number of carbonyl (C=O) groups is 1. The number of rotatable bonds is 3. The fourth-order valence-electron chi connectivity index (χ4n) is 2.33. The Hall–Kier alpha value is -1.42. The molecule has 0 bridgehead atoms. The Labute approximate surface area is 118 Å². The molecular weight excluding hydrogens is 266 g/mol. The number of halogens is 1. The summed E-state index contributed by atoms with van der Waals surface area (Å²) in [5.74, 6) is 0.974. The summed E-state index contributed by atoms with van der Waals surface area (Å²) in [5.41, 5.74) is 0.471. The molecule has 1 aliphatic rings. The SMILES string of the molecule is COc1cccc(OC)c1C(=O)N1CCCC(Cl)C1. The molecule has 1 fully saturated rings. The number of amides is 1. The van der Waals surface area contributed by atoms with Gasteiger partial charge in [0, 0.05) is 13.1 Å². The van der Waals surface area contributed by atoms with Crippen molar-refractivity contribution in [3.63, 3.8) is 0 Å². The van der Waals surface area contributed by atoms with Crippen LogP contribution in [0.3, 0.4) is 0 Å². The van der Waals surface area contributed by atoms with Crippen LogP contribution in [0.1, 0.15) is 23.2 Å². The van der Waals surface area contributed by atoms with E-state index in [1.165, 1.54) is 0 Å². The molecule has 104 valence electrons. The van der Waals surface area contributed by atoms with Gasteiger partial charge >= 0.3 is 0 Å². The molecule has 1 amide bonds. The van der Waals surface area contributed by atoms with Crippen molar-refractivity contribution < 1.29 is 14.3 Å². The zero-order valence-electron chi connectivity index (χ0n) is 11.2. The van der Waals surface area contributed by atoms with Gasteiger partial charge in [-0.1, -0.05) is 6.07 Å². The number of benzene rings is 1. The van der Waals surface area contributed by atoms with Crippen molar-refractivity contribution >= 4 is 17.5 Å². The first kappa shape index (κ1) is 14.0. The highest BCUT2D eigenvalue weighted by molar-refractivity contribution is 6.21. The number of hydrogen-bond donors (Lipinski definition) is 0. The number of alkyl halides is 1. The molecule has 1 saturated heterocycles. The number of nitrogens with zero attached hydrogens (tertiary/aromatic N) is 1. The van der Waals surface area contributed by atoms with Crippen molar-refractivity contribution in [3.8, 4) is 11.5 Å². The first-order chi connectivity index (χ1) is 9.17. The van der Waals surface area contributed by atoms with Crippen LogP contribution in [0, 0.1) is 0 Å². The largest absolute Gasteiger partial charge is 0.496 e. The molecule has 5 heteroatoms. The molecule has 0 N–H and O–H groups in total. The lowest BCUT2D eigenvalue weighted by molar-refractivity contribution is 0.0720. The number of likely N-dealkylation sites (tertiary alicyclic amines) is 1. The molecule has 1 aromatic carbocycles. The highest BCUT2D eigenvalue weighted by atomic mass is 35.5. The molecular formula is C14H18ClNO3. The van der Waals surface area contributed by atoms with Crippen LogP contribution in [0.25, 0.3) is 0 Å². The van der Waals surface area contributed by atoms with E-state index in [1.54, 1.807) is 37.3 Å². The third-order valence-corrected chi connectivity index (χ3v) is 3.65. The van der Waals surface area contributed by atoms with Gasteiger partial charge in [0.2, 0.25) is 0 Å². The van der Waals surface area contributed by atoms with E-state index < -0.39 is 0 Å². The Morgan fingerprint density at radius 3 is 2.47 bits per heavy atom. The quantitative estimate of drug-likeness (QED) is 0.800. The summed E-state index contributed by atoms with van der Waals surface area (Å²) in [6.07, 6.45) is 1.88. The Morgan fingerprint density at radius 1 is 1.32 bits per heavy atom. The van der Waals surface area contributed by atoms with Crippen molar-refractivity contribution in [2.45, 2.75) is 18.2 Å².